The van der Waals surface area contributed by atoms with Crippen molar-refractivity contribution in [2.45, 2.75) is 72.8 Å². The van der Waals surface area contributed by atoms with Crippen molar-refractivity contribution in [1.82, 2.24) is 0 Å². The summed E-state index contributed by atoms with van der Waals surface area (Å²) in [5, 5.41) is 2.81. The monoisotopic (exact) mass is 359 g/mol. The van der Waals surface area contributed by atoms with Gasteiger partial charge in [0.05, 0.1) is 5.92 Å². The number of aryl methyl sites for hydroxylation is 1. The van der Waals surface area contributed by atoms with Crippen LogP contribution in [0.25, 0.3) is 0 Å². The van der Waals surface area contributed by atoms with Crippen molar-refractivity contribution in [1.29, 1.82) is 0 Å². The van der Waals surface area contributed by atoms with E-state index in [0.29, 0.717) is 5.92 Å². The molecule has 26 heavy (non-hydrogen) atoms. The lowest BCUT2D eigenvalue weighted by molar-refractivity contribution is -0.158. The van der Waals surface area contributed by atoms with Gasteiger partial charge in [-0.3, -0.25) is 9.59 Å². The topological polar surface area (TPSA) is 55.4 Å². The number of nitrogens with one attached hydrogen (secondary N) is 1. The summed E-state index contributed by atoms with van der Waals surface area (Å²) in [6.07, 6.45) is 3.98. The molecule has 1 saturated carbocycles. The van der Waals surface area contributed by atoms with Gasteiger partial charge in [0.1, 0.15) is 0 Å². The van der Waals surface area contributed by atoms with Gasteiger partial charge in [-0.05, 0) is 68.1 Å². The van der Waals surface area contributed by atoms with Crippen LogP contribution in [-0.2, 0) is 20.7 Å². The van der Waals surface area contributed by atoms with E-state index in [1.54, 1.807) is 6.92 Å². The van der Waals surface area contributed by atoms with E-state index in [1.807, 2.05) is 24.3 Å². The van der Waals surface area contributed by atoms with E-state index in [4.69, 9.17) is 4.74 Å². The molecule has 1 fully saturated rings. The molecule has 144 valence electrons. The molecule has 1 N–H and O–H groups in total. The number of esters is 1. The molecule has 1 amide bonds. The number of amides is 1. The van der Waals surface area contributed by atoms with Gasteiger partial charge < -0.3 is 10.1 Å². The van der Waals surface area contributed by atoms with Crippen molar-refractivity contribution in [3.05, 3.63) is 29.8 Å². The maximum absolute atomic E-state index is 12.4. The highest BCUT2D eigenvalue weighted by Gasteiger charge is 2.34. The molecule has 0 radical (unpaired) electrons. The van der Waals surface area contributed by atoms with Crippen LogP contribution in [0.2, 0.25) is 0 Å². The molecule has 2 rings (SSSR count). The number of anilines is 1. The minimum atomic E-state index is -0.784. The summed E-state index contributed by atoms with van der Waals surface area (Å²) >= 11 is 0. The second kappa shape index (κ2) is 8.70. The SMILES string of the molecule is CCc1ccc(NC(=O)C(C)OC(=O)C2CCC(C(C)(C)C)CC2)cc1. The molecule has 4 nitrogen and oxygen atoms in total. The lowest BCUT2D eigenvalue weighted by Gasteiger charge is -2.36. The van der Waals surface area contributed by atoms with Crippen LogP contribution in [-0.4, -0.2) is 18.0 Å². The summed E-state index contributed by atoms with van der Waals surface area (Å²) < 4.78 is 5.44. The molecule has 0 bridgehead atoms. The molecule has 1 aromatic rings. The average molecular weight is 360 g/mol. The lowest BCUT2D eigenvalue weighted by Crippen LogP contribution is -2.34. The van der Waals surface area contributed by atoms with Gasteiger partial charge in [0.25, 0.3) is 5.91 Å². The third-order valence-electron chi connectivity index (χ3n) is 5.58. The van der Waals surface area contributed by atoms with Crippen molar-refractivity contribution in [2.75, 3.05) is 5.32 Å². The Morgan fingerprint density at radius 1 is 1.12 bits per heavy atom. The highest BCUT2D eigenvalue weighted by molar-refractivity contribution is 5.95. The van der Waals surface area contributed by atoms with E-state index in [1.165, 1.54) is 5.56 Å². The van der Waals surface area contributed by atoms with E-state index in [-0.39, 0.29) is 23.2 Å². The fraction of sp³-hybridized carbons (Fsp3) is 0.636. The number of hydrogen-bond acceptors (Lipinski definition) is 3. The summed E-state index contributed by atoms with van der Waals surface area (Å²) in [4.78, 5) is 24.7. The predicted octanol–water partition coefficient (Wildman–Crippen LogP) is 4.97. The fourth-order valence-electron chi connectivity index (χ4n) is 3.59. The third kappa shape index (κ3) is 5.58. The Hall–Kier alpha value is -1.84. The zero-order valence-corrected chi connectivity index (χ0v) is 16.8. The molecule has 0 aromatic heterocycles. The van der Waals surface area contributed by atoms with E-state index in [9.17, 15) is 9.59 Å². The molecule has 1 aromatic carbocycles. The first kappa shape index (κ1) is 20.5. The number of rotatable bonds is 5. The standard InChI is InChI=1S/C22H33NO3/c1-6-16-7-13-19(14-8-16)23-20(24)15(2)26-21(25)17-9-11-18(12-10-17)22(3,4)5/h7-8,13-15,17-18H,6,9-12H2,1-5H3,(H,23,24). The zero-order chi connectivity index (χ0) is 19.3. The van der Waals surface area contributed by atoms with Gasteiger partial charge in [-0.2, -0.15) is 0 Å². The second-order valence-electron chi connectivity index (χ2n) is 8.53. The normalized spacial score (nSPS) is 21.7. The summed E-state index contributed by atoms with van der Waals surface area (Å²) in [5.41, 5.74) is 2.23. The van der Waals surface area contributed by atoms with Crippen LogP contribution in [0.5, 0.6) is 0 Å². The molecule has 0 saturated heterocycles. The molecule has 4 heteroatoms. The van der Waals surface area contributed by atoms with Gasteiger partial charge in [0, 0.05) is 5.69 Å². The quantitative estimate of drug-likeness (QED) is 0.755. The van der Waals surface area contributed by atoms with Gasteiger partial charge in [-0.25, -0.2) is 0 Å². The minimum absolute atomic E-state index is 0.0762. The number of benzene rings is 1. The highest BCUT2D eigenvalue weighted by atomic mass is 16.5. The first-order valence-corrected chi connectivity index (χ1v) is 9.81. The summed E-state index contributed by atoms with van der Waals surface area (Å²) in [6.45, 7) is 10.5. The van der Waals surface area contributed by atoms with Crippen molar-refractivity contribution in [2.24, 2.45) is 17.3 Å². The second-order valence-corrected chi connectivity index (χ2v) is 8.53. The Morgan fingerprint density at radius 3 is 2.19 bits per heavy atom. The molecule has 1 aliphatic rings. The molecular weight excluding hydrogens is 326 g/mol. The van der Waals surface area contributed by atoms with Crippen molar-refractivity contribution in [3.8, 4) is 0 Å². The summed E-state index contributed by atoms with van der Waals surface area (Å²) in [5.74, 6) is 0.0540. The van der Waals surface area contributed by atoms with Crippen LogP contribution in [0.3, 0.4) is 0 Å². The molecule has 0 aliphatic heterocycles. The van der Waals surface area contributed by atoms with Crippen molar-refractivity contribution >= 4 is 17.6 Å². The number of carbonyl (C=O) groups excluding carboxylic acids is 2. The van der Waals surface area contributed by atoms with Gasteiger partial charge in [-0.15, -0.1) is 0 Å². The Kier molecular flexibility index (Phi) is 6.85. The first-order valence-electron chi connectivity index (χ1n) is 9.81. The van der Waals surface area contributed by atoms with Crippen LogP contribution in [0.1, 0.15) is 65.9 Å². The summed E-state index contributed by atoms with van der Waals surface area (Å²) in [7, 11) is 0. The van der Waals surface area contributed by atoms with Crippen molar-refractivity contribution < 1.29 is 14.3 Å². The first-order chi connectivity index (χ1) is 12.2. The minimum Gasteiger partial charge on any atom is -0.452 e. The number of hydrogen-bond donors (Lipinski definition) is 1. The number of carbonyl (C=O) groups is 2. The van der Waals surface area contributed by atoms with E-state index in [0.717, 1.165) is 37.8 Å². The van der Waals surface area contributed by atoms with Crippen molar-refractivity contribution in [3.63, 3.8) is 0 Å². The van der Waals surface area contributed by atoms with Crippen LogP contribution in [0.4, 0.5) is 5.69 Å². The molecule has 1 aliphatic carbocycles. The van der Waals surface area contributed by atoms with Crippen LogP contribution in [0.15, 0.2) is 24.3 Å². The third-order valence-corrected chi connectivity index (χ3v) is 5.58. The Bertz CT molecular complexity index is 607. The van der Waals surface area contributed by atoms with Gasteiger partial charge in [0.15, 0.2) is 6.10 Å². The maximum atomic E-state index is 12.4. The van der Waals surface area contributed by atoms with E-state index >= 15 is 0 Å². The molecular formula is C22H33NO3. The average Bonchev–Trinajstić information content (AvgIpc) is 2.61. The summed E-state index contributed by atoms with van der Waals surface area (Å²) in [6, 6.07) is 7.72. The predicted molar refractivity (Wildman–Crippen MR) is 105 cm³/mol. The molecule has 0 spiro atoms. The number of ether oxygens (including phenoxy) is 1. The van der Waals surface area contributed by atoms with Gasteiger partial charge in [-0.1, -0.05) is 39.8 Å². The maximum Gasteiger partial charge on any atom is 0.309 e. The largest absolute Gasteiger partial charge is 0.452 e. The Morgan fingerprint density at radius 2 is 1.69 bits per heavy atom. The Labute approximate surface area is 157 Å². The zero-order valence-electron chi connectivity index (χ0n) is 16.8. The lowest BCUT2D eigenvalue weighted by atomic mass is 9.70. The Balaban J connectivity index is 1.81. The highest BCUT2D eigenvalue weighted by Crippen LogP contribution is 2.40. The molecule has 0 heterocycles. The van der Waals surface area contributed by atoms with Gasteiger partial charge >= 0.3 is 5.97 Å². The fourth-order valence-corrected chi connectivity index (χ4v) is 3.59. The van der Waals surface area contributed by atoms with Gasteiger partial charge in [0.2, 0.25) is 0 Å². The van der Waals surface area contributed by atoms with Crippen LogP contribution >= 0.6 is 0 Å². The molecule has 1 atom stereocenters. The molecule has 1 unspecified atom stereocenters. The van der Waals surface area contributed by atoms with E-state index in [2.05, 4.69) is 33.0 Å². The van der Waals surface area contributed by atoms with E-state index < -0.39 is 6.10 Å². The van der Waals surface area contributed by atoms with Crippen LogP contribution < -0.4 is 5.32 Å². The van der Waals surface area contributed by atoms with Crippen LogP contribution in [0, 0.1) is 17.3 Å². The smallest absolute Gasteiger partial charge is 0.309 e.